The van der Waals surface area contributed by atoms with E-state index in [1.165, 1.54) is 0 Å². The average molecular weight is 227 g/mol. The number of rotatable bonds is 8. The number of amides is 1. The van der Waals surface area contributed by atoms with E-state index in [0.29, 0.717) is 17.8 Å². The summed E-state index contributed by atoms with van der Waals surface area (Å²) in [5.74, 6) is 1.67. The van der Waals surface area contributed by atoms with Crippen molar-refractivity contribution in [3.05, 3.63) is 0 Å². The molecular formula is C12H25N3O. The highest BCUT2D eigenvalue weighted by molar-refractivity contribution is 5.80. The van der Waals surface area contributed by atoms with Gasteiger partial charge < -0.3 is 16.4 Å². The van der Waals surface area contributed by atoms with Crippen LogP contribution in [-0.4, -0.2) is 32.1 Å². The molecule has 0 bridgehead atoms. The molecule has 0 aromatic rings. The normalized spacial score (nSPS) is 17.5. The lowest BCUT2D eigenvalue weighted by atomic mass is 9.96. The van der Waals surface area contributed by atoms with Crippen LogP contribution in [0.3, 0.4) is 0 Å². The zero-order valence-corrected chi connectivity index (χ0v) is 10.5. The van der Waals surface area contributed by atoms with Crippen molar-refractivity contribution in [3.63, 3.8) is 0 Å². The van der Waals surface area contributed by atoms with Crippen molar-refractivity contribution >= 4 is 5.91 Å². The first-order valence-corrected chi connectivity index (χ1v) is 6.33. The number of nitrogens with one attached hydrogen (secondary N) is 2. The Balaban J connectivity index is 1.96. The lowest BCUT2D eigenvalue weighted by Crippen LogP contribution is -2.37. The van der Waals surface area contributed by atoms with Crippen molar-refractivity contribution < 1.29 is 4.79 Å². The summed E-state index contributed by atoms with van der Waals surface area (Å²) in [5.41, 5.74) is 5.67. The fourth-order valence-electron chi connectivity index (χ4n) is 1.64. The highest BCUT2D eigenvalue weighted by Gasteiger charge is 2.28. The van der Waals surface area contributed by atoms with Gasteiger partial charge in [-0.15, -0.1) is 0 Å². The SMILES string of the molecule is CC(C)C(CN)CNCCNC(=O)C1CC1. The van der Waals surface area contributed by atoms with Crippen LogP contribution in [0, 0.1) is 17.8 Å². The Labute approximate surface area is 98.3 Å². The standard InChI is InChI=1S/C12H25N3O/c1-9(2)11(7-13)8-14-5-6-15-12(16)10-3-4-10/h9-11,14H,3-8,13H2,1-2H3,(H,15,16). The lowest BCUT2D eigenvalue weighted by molar-refractivity contribution is -0.122. The smallest absolute Gasteiger partial charge is 0.223 e. The molecule has 0 aromatic heterocycles. The lowest BCUT2D eigenvalue weighted by Gasteiger charge is -2.19. The van der Waals surface area contributed by atoms with Gasteiger partial charge in [-0.2, -0.15) is 0 Å². The summed E-state index contributed by atoms with van der Waals surface area (Å²) in [6, 6.07) is 0. The Kier molecular flexibility index (Phi) is 5.77. The molecule has 94 valence electrons. The molecule has 16 heavy (non-hydrogen) atoms. The molecule has 1 fully saturated rings. The highest BCUT2D eigenvalue weighted by Crippen LogP contribution is 2.28. The van der Waals surface area contributed by atoms with Crippen LogP contribution in [0.4, 0.5) is 0 Å². The molecule has 1 saturated carbocycles. The minimum absolute atomic E-state index is 0.223. The van der Waals surface area contributed by atoms with E-state index >= 15 is 0 Å². The van der Waals surface area contributed by atoms with E-state index in [2.05, 4.69) is 24.5 Å². The third-order valence-electron chi connectivity index (χ3n) is 3.20. The molecule has 0 aromatic carbocycles. The number of hydrogen-bond donors (Lipinski definition) is 3. The Morgan fingerprint density at radius 3 is 2.56 bits per heavy atom. The molecule has 4 nitrogen and oxygen atoms in total. The molecule has 0 spiro atoms. The first kappa shape index (κ1) is 13.5. The maximum atomic E-state index is 11.3. The van der Waals surface area contributed by atoms with Crippen LogP contribution in [0.5, 0.6) is 0 Å². The summed E-state index contributed by atoms with van der Waals surface area (Å²) >= 11 is 0. The molecule has 4 N–H and O–H groups in total. The topological polar surface area (TPSA) is 67.2 Å². The van der Waals surface area contributed by atoms with Gasteiger partial charge in [0.05, 0.1) is 0 Å². The van der Waals surface area contributed by atoms with E-state index in [-0.39, 0.29) is 5.91 Å². The molecule has 0 heterocycles. The van der Waals surface area contributed by atoms with Gasteiger partial charge in [0.1, 0.15) is 0 Å². The third kappa shape index (κ3) is 4.94. The number of hydrogen-bond acceptors (Lipinski definition) is 3. The van der Waals surface area contributed by atoms with Gasteiger partial charge in [-0.3, -0.25) is 4.79 Å². The van der Waals surface area contributed by atoms with Gasteiger partial charge in [-0.05, 0) is 37.8 Å². The Morgan fingerprint density at radius 1 is 1.38 bits per heavy atom. The van der Waals surface area contributed by atoms with Crippen LogP contribution in [0.2, 0.25) is 0 Å². The maximum absolute atomic E-state index is 11.3. The van der Waals surface area contributed by atoms with Gasteiger partial charge in [-0.1, -0.05) is 13.8 Å². The van der Waals surface area contributed by atoms with Gasteiger partial charge in [0.2, 0.25) is 5.91 Å². The molecule has 4 heteroatoms. The van der Waals surface area contributed by atoms with Crippen molar-refractivity contribution in [1.82, 2.24) is 10.6 Å². The first-order chi connectivity index (χ1) is 7.65. The predicted molar refractivity (Wildman–Crippen MR) is 66.0 cm³/mol. The summed E-state index contributed by atoms with van der Waals surface area (Å²) in [5, 5.41) is 6.27. The van der Waals surface area contributed by atoms with Gasteiger partial charge >= 0.3 is 0 Å². The molecule has 1 aliphatic rings. The molecular weight excluding hydrogens is 202 g/mol. The van der Waals surface area contributed by atoms with Crippen LogP contribution >= 0.6 is 0 Å². The van der Waals surface area contributed by atoms with Crippen LogP contribution in [0.15, 0.2) is 0 Å². The number of carbonyl (C=O) groups is 1. The quantitative estimate of drug-likeness (QED) is 0.524. The fourth-order valence-corrected chi connectivity index (χ4v) is 1.64. The summed E-state index contributed by atoms with van der Waals surface area (Å²) in [6.07, 6.45) is 2.14. The summed E-state index contributed by atoms with van der Waals surface area (Å²) < 4.78 is 0. The van der Waals surface area contributed by atoms with E-state index in [0.717, 1.165) is 39.0 Å². The highest BCUT2D eigenvalue weighted by atomic mass is 16.2. The van der Waals surface area contributed by atoms with Crippen LogP contribution in [-0.2, 0) is 4.79 Å². The molecule has 0 radical (unpaired) electrons. The number of nitrogens with two attached hydrogens (primary N) is 1. The van der Waals surface area contributed by atoms with Gasteiger partial charge in [0, 0.05) is 19.0 Å². The molecule has 1 unspecified atom stereocenters. The Morgan fingerprint density at radius 2 is 2.06 bits per heavy atom. The molecule has 1 amide bonds. The second-order valence-electron chi connectivity index (χ2n) is 5.01. The fraction of sp³-hybridized carbons (Fsp3) is 0.917. The minimum Gasteiger partial charge on any atom is -0.355 e. The van der Waals surface area contributed by atoms with Crippen molar-refractivity contribution in [2.75, 3.05) is 26.2 Å². The summed E-state index contributed by atoms with van der Waals surface area (Å²) in [6.45, 7) is 7.60. The third-order valence-corrected chi connectivity index (χ3v) is 3.20. The van der Waals surface area contributed by atoms with E-state index in [1.54, 1.807) is 0 Å². The molecule has 1 atom stereocenters. The molecule has 0 saturated heterocycles. The van der Waals surface area contributed by atoms with E-state index in [9.17, 15) is 4.79 Å². The van der Waals surface area contributed by atoms with E-state index in [4.69, 9.17) is 5.73 Å². The van der Waals surface area contributed by atoms with Crippen LogP contribution < -0.4 is 16.4 Å². The monoisotopic (exact) mass is 227 g/mol. The van der Waals surface area contributed by atoms with Gasteiger partial charge in [-0.25, -0.2) is 0 Å². The zero-order valence-electron chi connectivity index (χ0n) is 10.5. The van der Waals surface area contributed by atoms with Crippen molar-refractivity contribution in [2.24, 2.45) is 23.5 Å². The largest absolute Gasteiger partial charge is 0.355 e. The van der Waals surface area contributed by atoms with Crippen molar-refractivity contribution in [2.45, 2.75) is 26.7 Å². The van der Waals surface area contributed by atoms with Gasteiger partial charge in [0.15, 0.2) is 0 Å². The van der Waals surface area contributed by atoms with Crippen molar-refractivity contribution in [3.8, 4) is 0 Å². The number of carbonyl (C=O) groups excluding carboxylic acids is 1. The van der Waals surface area contributed by atoms with E-state index in [1.807, 2.05) is 0 Å². The predicted octanol–water partition coefficient (Wildman–Crippen LogP) is 0.333. The van der Waals surface area contributed by atoms with Gasteiger partial charge in [0.25, 0.3) is 0 Å². The Hall–Kier alpha value is -0.610. The van der Waals surface area contributed by atoms with Crippen molar-refractivity contribution in [1.29, 1.82) is 0 Å². The second-order valence-corrected chi connectivity index (χ2v) is 5.01. The average Bonchev–Trinajstić information content (AvgIpc) is 3.05. The molecule has 1 rings (SSSR count). The summed E-state index contributed by atoms with van der Waals surface area (Å²) in [4.78, 5) is 11.3. The Bertz CT molecular complexity index is 214. The minimum atomic E-state index is 0.223. The zero-order chi connectivity index (χ0) is 12.0. The first-order valence-electron chi connectivity index (χ1n) is 6.33. The molecule has 0 aliphatic heterocycles. The van der Waals surface area contributed by atoms with Crippen LogP contribution in [0.25, 0.3) is 0 Å². The summed E-state index contributed by atoms with van der Waals surface area (Å²) in [7, 11) is 0. The maximum Gasteiger partial charge on any atom is 0.223 e. The second kappa shape index (κ2) is 6.86. The van der Waals surface area contributed by atoms with E-state index < -0.39 is 0 Å². The molecule has 1 aliphatic carbocycles. The van der Waals surface area contributed by atoms with Crippen LogP contribution in [0.1, 0.15) is 26.7 Å².